The summed E-state index contributed by atoms with van der Waals surface area (Å²) < 4.78 is 0. The first-order valence-corrected chi connectivity index (χ1v) is 13.9. The second-order valence-corrected chi connectivity index (χ2v) is 10.5. The summed E-state index contributed by atoms with van der Waals surface area (Å²) in [5, 5.41) is 7.48. The van der Waals surface area contributed by atoms with Crippen molar-refractivity contribution < 1.29 is 0 Å². The molecule has 0 radical (unpaired) electrons. The fourth-order valence-electron chi connectivity index (χ4n) is 5.50. The minimum absolute atomic E-state index is 0.461. The second kappa shape index (κ2) is 11.9. The van der Waals surface area contributed by atoms with Crippen molar-refractivity contribution >= 4 is 40.6 Å². The zero-order chi connectivity index (χ0) is 23.9. The molecule has 1 aromatic carbocycles. The lowest BCUT2D eigenvalue weighted by molar-refractivity contribution is 0.414. The maximum absolute atomic E-state index is 5.67. The summed E-state index contributed by atoms with van der Waals surface area (Å²) in [7, 11) is 0. The van der Waals surface area contributed by atoms with Crippen LogP contribution in [0.1, 0.15) is 57.8 Å². The van der Waals surface area contributed by atoms with Gasteiger partial charge in [0.25, 0.3) is 0 Å². The molecule has 3 heterocycles. The largest absolute Gasteiger partial charge is 0.368 e. The van der Waals surface area contributed by atoms with Gasteiger partial charge in [-0.05, 0) is 50.0 Å². The van der Waals surface area contributed by atoms with Gasteiger partial charge in [-0.2, -0.15) is 9.97 Å². The molecule has 35 heavy (non-hydrogen) atoms. The Balaban J connectivity index is 1.31. The molecule has 0 amide bonds. The van der Waals surface area contributed by atoms with Crippen molar-refractivity contribution in [2.45, 2.75) is 63.8 Å². The molecule has 3 aliphatic rings. The minimum Gasteiger partial charge on any atom is -0.368 e. The van der Waals surface area contributed by atoms with E-state index in [9.17, 15) is 0 Å². The Hall–Kier alpha value is -2.61. The van der Waals surface area contributed by atoms with Gasteiger partial charge < -0.3 is 25.3 Å². The van der Waals surface area contributed by atoms with Crippen LogP contribution in [0.25, 0.3) is 0 Å². The van der Waals surface area contributed by atoms with E-state index in [1.54, 1.807) is 0 Å². The van der Waals surface area contributed by atoms with E-state index in [1.807, 2.05) is 0 Å². The van der Waals surface area contributed by atoms with E-state index in [-0.39, 0.29) is 0 Å². The van der Waals surface area contributed by atoms with E-state index < -0.39 is 0 Å². The number of benzene rings is 1. The number of nitrogens with zero attached hydrogens (tertiary/aromatic N) is 5. The van der Waals surface area contributed by atoms with E-state index in [0.717, 1.165) is 50.9 Å². The third-order valence-corrected chi connectivity index (χ3v) is 7.74. The molecule has 7 nitrogen and oxygen atoms in total. The number of para-hydroxylation sites is 1. The van der Waals surface area contributed by atoms with Gasteiger partial charge >= 0.3 is 0 Å². The van der Waals surface area contributed by atoms with Gasteiger partial charge in [0.05, 0.1) is 0 Å². The molecule has 3 fully saturated rings. The number of hydrogen-bond donors (Lipinski definition) is 2. The Morgan fingerprint density at radius 2 is 1.29 bits per heavy atom. The maximum Gasteiger partial charge on any atom is 0.232 e. The van der Waals surface area contributed by atoms with Crippen LogP contribution in [0.2, 0.25) is 0 Å². The highest BCUT2D eigenvalue weighted by molar-refractivity contribution is 7.80. The van der Waals surface area contributed by atoms with Crippen LogP contribution in [0.4, 0.5) is 23.3 Å². The number of nitrogens with one attached hydrogen (secondary N) is 2. The molecule has 0 spiro atoms. The first kappa shape index (κ1) is 24.1. The Morgan fingerprint density at radius 1 is 0.714 bits per heavy atom. The predicted octanol–water partition coefficient (Wildman–Crippen LogP) is 4.80. The third kappa shape index (κ3) is 6.54. The Kier molecular flexibility index (Phi) is 8.18. The van der Waals surface area contributed by atoms with Crippen LogP contribution in [0, 0.1) is 0 Å². The lowest BCUT2D eigenvalue weighted by Gasteiger charge is -2.37. The number of rotatable bonds is 5. The number of anilines is 4. The molecule has 0 bridgehead atoms. The van der Waals surface area contributed by atoms with Crippen molar-refractivity contribution in [1.29, 1.82) is 0 Å². The molecule has 188 valence electrons. The van der Waals surface area contributed by atoms with Gasteiger partial charge in [-0.3, -0.25) is 0 Å². The zero-order valence-electron chi connectivity index (χ0n) is 20.8. The molecule has 0 atom stereocenters. The van der Waals surface area contributed by atoms with Gasteiger partial charge in [0.2, 0.25) is 5.95 Å². The summed E-state index contributed by atoms with van der Waals surface area (Å²) >= 11 is 5.67. The first-order valence-electron chi connectivity index (χ1n) is 13.5. The normalized spacial score (nSPS) is 19.8. The molecule has 1 aliphatic carbocycles. The van der Waals surface area contributed by atoms with Crippen LogP contribution in [0.5, 0.6) is 0 Å². The number of piperazine rings is 1. The lowest BCUT2D eigenvalue weighted by Crippen LogP contribution is -2.47. The van der Waals surface area contributed by atoms with E-state index in [1.165, 1.54) is 63.5 Å². The third-order valence-electron chi connectivity index (χ3n) is 7.52. The number of aromatic nitrogens is 2. The second-order valence-electron chi connectivity index (χ2n) is 10.1. The molecule has 8 heteroatoms. The van der Waals surface area contributed by atoms with Crippen molar-refractivity contribution in [3.63, 3.8) is 0 Å². The van der Waals surface area contributed by atoms with E-state index in [0.29, 0.717) is 17.1 Å². The van der Waals surface area contributed by atoms with E-state index >= 15 is 0 Å². The summed E-state index contributed by atoms with van der Waals surface area (Å²) in [5.74, 6) is 2.63. The van der Waals surface area contributed by atoms with Gasteiger partial charge in [0.1, 0.15) is 11.6 Å². The van der Waals surface area contributed by atoms with Crippen LogP contribution in [0.15, 0.2) is 36.4 Å². The summed E-state index contributed by atoms with van der Waals surface area (Å²) in [6, 6.07) is 13.3. The van der Waals surface area contributed by atoms with Crippen molar-refractivity contribution in [1.82, 2.24) is 15.3 Å². The fraction of sp³-hybridized carbons (Fsp3) is 0.593. The van der Waals surface area contributed by atoms with E-state index in [4.69, 9.17) is 22.2 Å². The van der Waals surface area contributed by atoms with Crippen LogP contribution in [-0.2, 0) is 0 Å². The highest BCUT2D eigenvalue weighted by Crippen LogP contribution is 2.26. The lowest BCUT2D eigenvalue weighted by atomic mass is 9.96. The zero-order valence-corrected chi connectivity index (χ0v) is 21.6. The van der Waals surface area contributed by atoms with E-state index in [2.05, 4.69) is 61.7 Å². The molecule has 1 aromatic heterocycles. The predicted molar refractivity (Wildman–Crippen MR) is 150 cm³/mol. The molecule has 2 aromatic rings. The fourth-order valence-corrected chi connectivity index (χ4v) is 5.76. The minimum atomic E-state index is 0.461. The highest BCUT2D eigenvalue weighted by atomic mass is 32.1. The summed E-state index contributed by atoms with van der Waals surface area (Å²) in [4.78, 5) is 17.1. The van der Waals surface area contributed by atoms with Crippen molar-refractivity contribution in [2.24, 2.45) is 0 Å². The van der Waals surface area contributed by atoms with Crippen LogP contribution in [0.3, 0.4) is 0 Å². The van der Waals surface area contributed by atoms with Gasteiger partial charge in [-0.1, -0.05) is 50.3 Å². The highest BCUT2D eigenvalue weighted by Gasteiger charge is 2.22. The molecule has 5 rings (SSSR count). The quantitative estimate of drug-likeness (QED) is 0.576. The monoisotopic (exact) mass is 493 g/mol. The molecule has 1 saturated carbocycles. The Morgan fingerprint density at radius 3 is 1.94 bits per heavy atom. The van der Waals surface area contributed by atoms with Gasteiger partial charge in [0, 0.05) is 57.1 Å². The molecular weight excluding hydrogens is 454 g/mol. The van der Waals surface area contributed by atoms with Crippen LogP contribution in [-0.4, -0.2) is 60.4 Å². The van der Waals surface area contributed by atoms with Gasteiger partial charge in [-0.25, -0.2) is 0 Å². The summed E-state index contributed by atoms with van der Waals surface area (Å²) in [6.45, 7) is 5.96. The van der Waals surface area contributed by atoms with Gasteiger partial charge in [-0.15, -0.1) is 0 Å². The molecular formula is C27H39N7S. The maximum atomic E-state index is 5.67. The number of hydrogen-bond acceptors (Lipinski definition) is 6. The number of thiocarbonyl (C=S) groups is 1. The average Bonchev–Trinajstić information content (AvgIpc) is 3.19. The Labute approximate surface area is 215 Å². The standard InChI is InChI=1S/C27H39N7S/c35-27(28-22-11-5-3-6-12-22)31-26-29-24(33-15-9-1-2-10-16-33)21-25(30-26)34-19-17-32(18-20-34)23-13-7-4-8-14-23/h4,7-8,13-14,21-22H,1-3,5-6,9-12,15-20H2,(H2,28,29,30,31,35). The van der Waals surface area contributed by atoms with Crippen molar-refractivity contribution in [2.75, 3.05) is 59.3 Å². The average molecular weight is 494 g/mol. The molecule has 0 unspecified atom stereocenters. The Bertz CT molecular complexity index is 947. The summed E-state index contributed by atoms with van der Waals surface area (Å²) in [5.41, 5.74) is 1.29. The summed E-state index contributed by atoms with van der Waals surface area (Å²) in [6.07, 6.45) is 11.3. The van der Waals surface area contributed by atoms with Crippen molar-refractivity contribution in [3.8, 4) is 0 Å². The molecule has 2 saturated heterocycles. The first-order chi connectivity index (χ1) is 17.2. The topological polar surface area (TPSA) is 59.6 Å². The van der Waals surface area contributed by atoms with Crippen LogP contribution >= 0.6 is 12.2 Å². The molecule has 2 N–H and O–H groups in total. The smallest absolute Gasteiger partial charge is 0.232 e. The van der Waals surface area contributed by atoms with Crippen molar-refractivity contribution in [3.05, 3.63) is 36.4 Å². The van der Waals surface area contributed by atoms with Crippen LogP contribution < -0.4 is 25.3 Å². The van der Waals surface area contributed by atoms with Gasteiger partial charge in [0.15, 0.2) is 5.11 Å². The SMILES string of the molecule is S=C(Nc1nc(N2CCCCCC2)cc(N2CCN(c3ccccc3)CC2)n1)NC1CCCCC1. The molecule has 2 aliphatic heterocycles.